The Balaban J connectivity index is 1.54. The molecular weight excluding hydrogens is 368 g/mol. The zero-order chi connectivity index (χ0) is 20.5. The van der Waals surface area contributed by atoms with E-state index < -0.39 is 0 Å². The van der Waals surface area contributed by atoms with Crippen LogP contribution in [0.3, 0.4) is 0 Å². The average molecular weight is 394 g/mol. The summed E-state index contributed by atoms with van der Waals surface area (Å²) in [7, 11) is 1.62. The first-order chi connectivity index (χ1) is 14.0. The van der Waals surface area contributed by atoms with Gasteiger partial charge in [-0.1, -0.05) is 18.2 Å². The minimum atomic E-state index is -0.0707. The molecule has 0 radical (unpaired) electrons. The number of aromatic nitrogens is 3. The molecule has 0 aliphatic carbocycles. The number of carbonyl (C=O) groups excluding carboxylic acids is 1. The molecule has 1 aromatic carbocycles. The lowest BCUT2D eigenvalue weighted by Gasteiger charge is -2.32. The summed E-state index contributed by atoms with van der Waals surface area (Å²) in [5, 5.41) is 3.21. The summed E-state index contributed by atoms with van der Waals surface area (Å²) < 4.78 is 6.88. The molecule has 1 fully saturated rings. The van der Waals surface area contributed by atoms with E-state index in [2.05, 4.69) is 10.1 Å². The normalized spacial score (nSPS) is 16.9. The number of nitrogens with zero attached hydrogens (tertiary/aromatic N) is 3. The van der Waals surface area contributed by atoms with Crippen LogP contribution in [0, 0.1) is 13.8 Å². The van der Waals surface area contributed by atoms with E-state index >= 15 is 0 Å². The molecule has 0 saturated carbocycles. The zero-order valence-electron chi connectivity index (χ0n) is 17.1. The predicted molar refractivity (Wildman–Crippen MR) is 111 cm³/mol. The van der Waals surface area contributed by atoms with Gasteiger partial charge in [-0.05, 0) is 32.8 Å². The Hall–Kier alpha value is -3.09. The Morgan fingerprint density at radius 1 is 1.31 bits per heavy atom. The molecule has 3 aromatic rings. The summed E-state index contributed by atoms with van der Waals surface area (Å²) in [5.74, 6) is 0.991. The summed E-state index contributed by atoms with van der Waals surface area (Å²) in [6.07, 6.45) is 2.22. The van der Waals surface area contributed by atoms with Crippen molar-refractivity contribution in [2.24, 2.45) is 0 Å². The molecule has 1 aliphatic heterocycles. The average Bonchev–Trinajstić information content (AvgIpc) is 3.16. The smallest absolute Gasteiger partial charge is 0.275 e. The van der Waals surface area contributed by atoms with Gasteiger partial charge in [0.15, 0.2) is 5.65 Å². The number of nitrogens with one attached hydrogen (secondary N) is 1. The lowest BCUT2D eigenvalue weighted by atomic mass is 9.94. The Morgan fingerprint density at radius 3 is 2.90 bits per heavy atom. The topological polar surface area (TPSA) is 79.7 Å². The number of para-hydroxylation sites is 1. The van der Waals surface area contributed by atoms with Gasteiger partial charge in [0.25, 0.3) is 5.56 Å². The molecule has 1 aliphatic rings. The Kier molecular flexibility index (Phi) is 5.13. The molecular formula is C22H26N4O3. The molecule has 1 N–H and O–H groups in total. The lowest BCUT2D eigenvalue weighted by molar-refractivity contribution is -0.131. The van der Waals surface area contributed by atoms with Crippen LogP contribution in [0.5, 0.6) is 5.75 Å². The highest BCUT2D eigenvalue weighted by Gasteiger charge is 2.27. The molecule has 7 heteroatoms. The number of fused-ring (bicyclic) bond motifs is 1. The standard InChI is InChI=1S/C22H26N4O3/c1-14-15(2)23-20-12-18(24-26(20)22(14)28)17-8-6-10-25(13-17)21(27)11-16-7-4-5-9-19(16)29-3/h4-5,7,9,12,17,24H,6,8,10-11,13H2,1-3H3. The van der Waals surface area contributed by atoms with Crippen molar-refractivity contribution >= 4 is 11.6 Å². The number of hydrogen-bond donors (Lipinski definition) is 1. The Morgan fingerprint density at radius 2 is 2.10 bits per heavy atom. The third kappa shape index (κ3) is 3.64. The van der Waals surface area contributed by atoms with E-state index in [0.29, 0.717) is 24.2 Å². The summed E-state index contributed by atoms with van der Waals surface area (Å²) in [5.41, 5.74) is 3.80. The van der Waals surface area contributed by atoms with Gasteiger partial charge in [-0.25, -0.2) is 9.50 Å². The largest absolute Gasteiger partial charge is 0.496 e. The first-order valence-electron chi connectivity index (χ1n) is 9.96. The van der Waals surface area contributed by atoms with E-state index in [1.807, 2.05) is 42.2 Å². The molecule has 152 valence electrons. The third-order valence-corrected chi connectivity index (χ3v) is 5.85. The molecule has 1 amide bonds. The minimum absolute atomic E-state index is 0.0707. The minimum Gasteiger partial charge on any atom is -0.496 e. The van der Waals surface area contributed by atoms with Crippen molar-refractivity contribution in [1.82, 2.24) is 19.5 Å². The molecule has 29 heavy (non-hydrogen) atoms. The number of aromatic amines is 1. The van der Waals surface area contributed by atoms with Crippen LogP contribution in [0.15, 0.2) is 35.1 Å². The van der Waals surface area contributed by atoms with Crippen LogP contribution in [0.2, 0.25) is 0 Å². The first-order valence-corrected chi connectivity index (χ1v) is 9.96. The summed E-state index contributed by atoms with van der Waals surface area (Å²) in [6, 6.07) is 9.56. The van der Waals surface area contributed by atoms with Crippen LogP contribution in [0.4, 0.5) is 0 Å². The van der Waals surface area contributed by atoms with Gasteiger partial charge in [-0.3, -0.25) is 14.7 Å². The number of ether oxygens (including phenoxy) is 1. The highest BCUT2D eigenvalue weighted by atomic mass is 16.5. The molecule has 1 unspecified atom stereocenters. The fourth-order valence-corrected chi connectivity index (χ4v) is 4.03. The van der Waals surface area contributed by atoms with Crippen LogP contribution in [0.1, 0.15) is 41.3 Å². The molecule has 4 rings (SSSR count). The second kappa shape index (κ2) is 7.73. The molecule has 7 nitrogen and oxygen atoms in total. The number of H-pyrrole nitrogens is 1. The van der Waals surface area contributed by atoms with Gasteiger partial charge < -0.3 is 9.64 Å². The maximum atomic E-state index is 12.9. The van der Waals surface area contributed by atoms with Gasteiger partial charge in [0, 0.05) is 47.6 Å². The van der Waals surface area contributed by atoms with Crippen LogP contribution in [-0.4, -0.2) is 45.6 Å². The number of carbonyl (C=O) groups is 1. The van der Waals surface area contributed by atoms with E-state index in [-0.39, 0.29) is 17.4 Å². The van der Waals surface area contributed by atoms with Crippen LogP contribution < -0.4 is 10.3 Å². The summed E-state index contributed by atoms with van der Waals surface area (Å²) in [6.45, 7) is 5.02. The quantitative estimate of drug-likeness (QED) is 0.738. The lowest BCUT2D eigenvalue weighted by Crippen LogP contribution is -2.40. The number of hydrogen-bond acceptors (Lipinski definition) is 4. The molecule has 1 saturated heterocycles. The SMILES string of the molecule is COc1ccccc1CC(=O)N1CCCC(c2cc3nc(C)c(C)c(=O)n3[nH]2)C1. The molecule has 1 atom stereocenters. The van der Waals surface area contributed by atoms with E-state index in [1.54, 1.807) is 14.0 Å². The highest BCUT2D eigenvalue weighted by Crippen LogP contribution is 2.27. The van der Waals surface area contributed by atoms with Crippen molar-refractivity contribution in [2.75, 3.05) is 20.2 Å². The summed E-state index contributed by atoms with van der Waals surface area (Å²) in [4.78, 5) is 31.9. The number of benzene rings is 1. The zero-order valence-corrected chi connectivity index (χ0v) is 17.1. The number of methoxy groups -OCH3 is 1. The van der Waals surface area contributed by atoms with Gasteiger partial charge >= 0.3 is 0 Å². The van der Waals surface area contributed by atoms with Gasteiger partial charge in [0.1, 0.15) is 5.75 Å². The monoisotopic (exact) mass is 394 g/mol. The first kappa shape index (κ1) is 19.2. The number of likely N-dealkylation sites (tertiary alicyclic amines) is 1. The van der Waals surface area contributed by atoms with Gasteiger partial charge in [-0.15, -0.1) is 0 Å². The van der Waals surface area contributed by atoms with Crippen molar-refractivity contribution in [3.8, 4) is 5.75 Å². The molecule has 0 bridgehead atoms. The van der Waals surface area contributed by atoms with E-state index in [9.17, 15) is 9.59 Å². The van der Waals surface area contributed by atoms with Gasteiger partial charge in [0.05, 0.1) is 13.5 Å². The summed E-state index contributed by atoms with van der Waals surface area (Å²) >= 11 is 0. The maximum Gasteiger partial charge on any atom is 0.275 e. The molecule has 3 heterocycles. The second-order valence-electron chi connectivity index (χ2n) is 7.70. The fraction of sp³-hybridized carbons (Fsp3) is 0.409. The maximum absolute atomic E-state index is 12.9. The van der Waals surface area contributed by atoms with Gasteiger partial charge in [0.2, 0.25) is 5.91 Å². The van der Waals surface area contributed by atoms with Crippen LogP contribution in [-0.2, 0) is 11.2 Å². The second-order valence-corrected chi connectivity index (χ2v) is 7.70. The number of piperidine rings is 1. The number of amides is 1. The number of rotatable bonds is 4. The highest BCUT2D eigenvalue weighted by molar-refractivity contribution is 5.79. The van der Waals surface area contributed by atoms with Crippen LogP contribution in [0.25, 0.3) is 5.65 Å². The predicted octanol–water partition coefficient (Wildman–Crippen LogP) is 2.60. The Labute approximate surface area is 169 Å². The molecule has 0 spiro atoms. The third-order valence-electron chi connectivity index (χ3n) is 5.85. The Bertz CT molecular complexity index is 1110. The van der Waals surface area contributed by atoms with Crippen molar-refractivity contribution in [1.29, 1.82) is 0 Å². The van der Waals surface area contributed by atoms with E-state index in [4.69, 9.17) is 4.74 Å². The molecule has 2 aromatic heterocycles. The van der Waals surface area contributed by atoms with E-state index in [0.717, 1.165) is 42.1 Å². The van der Waals surface area contributed by atoms with Crippen molar-refractivity contribution in [3.05, 3.63) is 63.2 Å². The van der Waals surface area contributed by atoms with Crippen molar-refractivity contribution < 1.29 is 9.53 Å². The van der Waals surface area contributed by atoms with Crippen molar-refractivity contribution in [2.45, 2.75) is 39.0 Å². The fourth-order valence-electron chi connectivity index (χ4n) is 4.03. The van der Waals surface area contributed by atoms with Crippen molar-refractivity contribution in [3.63, 3.8) is 0 Å². The van der Waals surface area contributed by atoms with Crippen LogP contribution >= 0.6 is 0 Å². The van der Waals surface area contributed by atoms with E-state index in [1.165, 1.54) is 4.52 Å². The van der Waals surface area contributed by atoms with Gasteiger partial charge in [-0.2, -0.15) is 0 Å². The number of aryl methyl sites for hydroxylation is 1.